The molecular weight excluding hydrogens is 244 g/mol. The van der Waals surface area contributed by atoms with Crippen LogP contribution in [-0.4, -0.2) is 36.6 Å². The molecule has 1 saturated heterocycles. The van der Waals surface area contributed by atoms with Crippen molar-refractivity contribution in [1.82, 2.24) is 10.2 Å². The molecule has 0 bridgehead atoms. The van der Waals surface area contributed by atoms with Crippen LogP contribution in [-0.2, 0) is 0 Å². The predicted octanol–water partition coefficient (Wildman–Crippen LogP) is 3.31. The van der Waals surface area contributed by atoms with Crippen molar-refractivity contribution in [3.05, 3.63) is 35.4 Å². The maximum absolute atomic E-state index is 3.89. The molecule has 1 aliphatic heterocycles. The van der Waals surface area contributed by atoms with Gasteiger partial charge < -0.3 is 10.2 Å². The van der Waals surface area contributed by atoms with Crippen molar-refractivity contribution >= 4 is 0 Å². The minimum Gasteiger partial charge on any atom is -0.311 e. The first-order chi connectivity index (χ1) is 9.74. The largest absolute Gasteiger partial charge is 0.311 e. The molecule has 1 saturated carbocycles. The van der Waals surface area contributed by atoms with E-state index in [4.69, 9.17) is 0 Å². The summed E-state index contributed by atoms with van der Waals surface area (Å²) in [6.07, 6.45) is 5.33. The zero-order valence-corrected chi connectivity index (χ0v) is 12.9. The highest BCUT2D eigenvalue weighted by Gasteiger charge is 2.32. The number of rotatable bonds is 4. The van der Waals surface area contributed by atoms with Crippen molar-refractivity contribution in [2.24, 2.45) is 0 Å². The lowest BCUT2D eigenvalue weighted by atomic mass is 9.75. The summed E-state index contributed by atoms with van der Waals surface area (Å²) in [7, 11) is 0. The number of hydrogen-bond acceptors (Lipinski definition) is 2. The lowest BCUT2D eigenvalue weighted by Gasteiger charge is -2.41. The summed E-state index contributed by atoms with van der Waals surface area (Å²) in [6, 6.07) is 10.6. The third kappa shape index (κ3) is 3.24. The fourth-order valence-electron chi connectivity index (χ4n) is 3.70. The summed E-state index contributed by atoms with van der Waals surface area (Å²) >= 11 is 0. The SMILES string of the molecule is CCN1CCC(NC2CC(c3cccc(C)c3)C2)CC1. The molecule has 0 spiro atoms. The lowest BCUT2D eigenvalue weighted by Crippen LogP contribution is -2.49. The molecule has 0 unspecified atom stereocenters. The van der Waals surface area contributed by atoms with Crippen molar-refractivity contribution < 1.29 is 0 Å². The van der Waals surface area contributed by atoms with E-state index in [0.717, 1.165) is 18.0 Å². The van der Waals surface area contributed by atoms with Gasteiger partial charge in [0.25, 0.3) is 0 Å². The number of hydrogen-bond donors (Lipinski definition) is 1. The average Bonchev–Trinajstić information content (AvgIpc) is 2.43. The van der Waals surface area contributed by atoms with Crippen LogP contribution in [0.3, 0.4) is 0 Å². The summed E-state index contributed by atoms with van der Waals surface area (Å²) in [5, 5.41) is 3.89. The van der Waals surface area contributed by atoms with Crippen LogP contribution < -0.4 is 5.32 Å². The van der Waals surface area contributed by atoms with E-state index in [0.29, 0.717) is 0 Å². The van der Waals surface area contributed by atoms with E-state index in [1.807, 2.05) is 0 Å². The molecule has 1 aromatic rings. The van der Waals surface area contributed by atoms with E-state index in [-0.39, 0.29) is 0 Å². The minimum atomic E-state index is 0.763. The first kappa shape index (κ1) is 14.1. The smallest absolute Gasteiger partial charge is 0.00940 e. The molecule has 110 valence electrons. The molecule has 2 fully saturated rings. The Labute approximate surface area is 123 Å². The highest BCUT2D eigenvalue weighted by atomic mass is 15.1. The molecule has 1 N–H and O–H groups in total. The van der Waals surface area contributed by atoms with Gasteiger partial charge in [-0.2, -0.15) is 0 Å². The second-order valence-corrected chi connectivity index (χ2v) is 6.65. The molecule has 2 nitrogen and oxygen atoms in total. The van der Waals surface area contributed by atoms with Gasteiger partial charge in [-0.15, -0.1) is 0 Å². The second kappa shape index (κ2) is 6.28. The maximum Gasteiger partial charge on any atom is 0.00940 e. The third-order valence-electron chi connectivity index (χ3n) is 5.16. The molecule has 2 heteroatoms. The first-order valence-electron chi connectivity index (χ1n) is 8.29. The van der Waals surface area contributed by atoms with Crippen LogP contribution in [0.25, 0.3) is 0 Å². The Morgan fingerprint density at radius 1 is 1.15 bits per heavy atom. The Balaban J connectivity index is 1.42. The van der Waals surface area contributed by atoms with E-state index in [1.165, 1.54) is 50.9 Å². The van der Waals surface area contributed by atoms with Crippen LogP contribution in [0.5, 0.6) is 0 Å². The summed E-state index contributed by atoms with van der Waals surface area (Å²) in [6.45, 7) is 8.24. The van der Waals surface area contributed by atoms with Gasteiger partial charge in [0.2, 0.25) is 0 Å². The quantitative estimate of drug-likeness (QED) is 0.904. The van der Waals surface area contributed by atoms with E-state index in [2.05, 4.69) is 48.3 Å². The van der Waals surface area contributed by atoms with Gasteiger partial charge in [-0.05, 0) is 63.7 Å². The molecule has 0 radical (unpaired) electrons. The molecule has 3 rings (SSSR count). The fraction of sp³-hybridized carbons (Fsp3) is 0.667. The van der Waals surface area contributed by atoms with Crippen molar-refractivity contribution in [1.29, 1.82) is 0 Å². The Bertz CT molecular complexity index is 429. The summed E-state index contributed by atoms with van der Waals surface area (Å²) in [4.78, 5) is 2.56. The van der Waals surface area contributed by atoms with Crippen molar-refractivity contribution in [3.63, 3.8) is 0 Å². The Kier molecular flexibility index (Phi) is 4.42. The first-order valence-corrected chi connectivity index (χ1v) is 8.29. The van der Waals surface area contributed by atoms with Crippen LogP contribution in [0.2, 0.25) is 0 Å². The van der Waals surface area contributed by atoms with Crippen LogP contribution in [0.15, 0.2) is 24.3 Å². The minimum absolute atomic E-state index is 0.763. The molecule has 0 amide bonds. The molecule has 0 atom stereocenters. The van der Waals surface area contributed by atoms with Crippen LogP contribution >= 0.6 is 0 Å². The predicted molar refractivity (Wildman–Crippen MR) is 85.2 cm³/mol. The van der Waals surface area contributed by atoms with Gasteiger partial charge in [-0.25, -0.2) is 0 Å². The van der Waals surface area contributed by atoms with Gasteiger partial charge in [0.05, 0.1) is 0 Å². The highest BCUT2D eigenvalue weighted by Crippen LogP contribution is 2.37. The second-order valence-electron chi connectivity index (χ2n) is 6.65. The van der Waals surface area contributed by atoms with Crippen molar-refractivity contribution in [2.75, 3.05) is 19.6 Å². The Hall–Kier alpha value is -0.860. The van der Waals surface area contributed by atoms with E-state index in [1.54, 1.807) is 5.56 Å². The number of aryl methyl sites for hydroxylation is 1. The van der Waals surface area contributed by atoms with Gasteiger partial charge in [0.15, 0.2) is 0 Å². The standard InChI is InChI=1S/C18H28N2/c1-3-20-9-7-17(8-10-20)19-18-12-16(13-18)15-6-4-5-14(2)11-15/h4-6,11,16-19H,3,7-10,12-13H2,1-2H3. The molecule has 1 aromatic carbocycles. The zero-order valence-electron chi connectivity index (χ0n) is 12.9. The molecule has 1 heterocycles. The topological polar surface area (TPSA) is 15.3 Å². The van der Waals surface area contributed by atoms with Gasteiger partial charge >= 0.3 is 0 Å². The van der Waals surface area contributed by atoms with Gasteiger partial charge in [-0.1, -0.05) is 36.8 Å². The zero-order chi connectivity index (χ0) is 13.9. The summed E-state index contributed by atoms with van der Waals surface area (Å²) in [5.41, 5.74) is 2.94. The maximum atomic E-state index is 3.89. The number of nitrogens with zero attached hydrogens (tertiary/aromatic N) is 1. The van der Waals surface area contributed by atoms with Gasteiger partial charge in [0, 0.05) is 12.1 Å². The molecule has 0 aromatic heterocycles. The fourth-order valence-corrected chi connectivity index (χ4v) is 3.70. The van der Waals surface area contributed by atoms with Crippen LogP contribution in [0.4, 0.5) is 0 Å². The Morgan fingerprint density at radius 2 is 1.90 bits per heavy atom. The summed E-state index contributed by atoms with van der Waals surface area (Å²) < 4.78 is 0. The van der Waals surface area contributed by atoms with E-state index >= 15 is 0 Å². The number of nitrogens with one attached hydrogen (secondary N) is 1. The third-order valence-corrected chi connectivity index (χ3v) is 5.16. The number of piperidine rings is 1. The van der Waals surface area contributed by atoms with Crippen molar-refractivity contribution in [2.45, 2.75) is 57.5 Å². The average molecular weight is 272 g/mol. The highest BCUT2D eigenvalue weighted by molar-refractivity contribution is 5.27. The molecule has 20 heavy (non-hydrogen) atoms. The summed E-state index contributed by atoms with van der Waals surface area (Å²) in [5.74, 6) is 0.795. The van der Waals surface area contributed by atoms with Crippen molar-refractivity contribution in [3.8, 4) is 0 Å². The number of benzene rings is 1. The van der Waals surface area contributed by atoms with Crippen LogP contribution in [0.1, 0.15) is 49.7 Å². The molecule has 1 aliphatic carbocycles. The molecular formula is C18H28N2. The van der Waals surface area contributed by atoms with E-state index in [9.17, 15) is 0 Å². The normalized spacial score (nSPS) is 28.3. The Morgan fingerprint density at radius 3 is 2.55 bits per heavy atom. The lowest BCUT2D eigenvalue weighted by molar-refractivity contribution is 0.176. The van der Waals surface area contributed by atoms with E-state index < -0.39 is 0 Å². The van der Waals surface area contributed by atoms with Gasteiger partial charge in [0.1, 0.15) is 0 Å². The van der Waals surface area contributed by atoms with Gasteiger partial charge in [-0.3, -0.25) is 0 Å². The number of likely N-dealkylation sites (tertiary alicyclic amines) is 1. The van der Waals surface area contributed by atoms with Crippen LogP contribution in [0, 0.1) is 6.92 Å². The monoisotopic (exact) mass is 272 g/mol. The molecule has 2 aliphatic rings.